The molecule has 3 nitrogen and oxygen atoms in total. The quantitative estimate of drug-likeness (QED) is 0.865. The van der Waals surface area contributed by atoms with E-state index >= 15 is 0 Å². The molecule has 4 heteroatoms. The number of thiophene rings is 1. The van der Waals surface area contributed by atoms with Gasteiger partial charge in [0.2, 0.25) is 5.91 Å². The van der Waals surface area contributed by atoms with Gasteiger partial charge in [-0.1, -0.05) is 11.8 Å². The van der Waals surface area contributed by atoms with Gasteiger partial charge in [-0.15, -0.1) is 11.3 Å². The molecule has 0 saturated heterocycles. The lowest BCUT2D eigenvalue weighted by molar-refractivity contribution is -0.134. The molecule has 2 unspecified atom stereocenters. The molecule has 0 aliphatic heterocycles. The second-order valence-corrected chi connectivity index (χ2v) is 6.92. The van der Waals surface area contributed by atoms with Crippen LogP contribution in [0.5, 0.6) is 0 Å². The lowest BCUT2D eigenvalue weighted by atomic mass is 10.0. The Morgan fingerprint density at radius 1 is 1.45 bits per heavy atom. The number of hydrogen-bond donors (Lipinski definition) is 1. The molecule has 0 bridgehead atoms. The molecule has 2 fully saturated rings. The summed E-state index contributed by atoms with van der Waals surface area (Å²) >= 11 is 1.66. The van der Waals surface area contributed by atoms with Crippen molar-refractivity contribution in [2.45, 2.75) is 25.8 Å². The second-order valence-electron chi connectivity index (χ2n) is 5.93. The molecule has 1 aromatic heterocycles. The third-order valence-electron chi connectivity index (χ3n) is 4.35. The summed E-state index contributed by atoms with van der Waals surface area (Å²) in [6, 6.07) is 2.06. The van der Waals surface area contributed by atoms with Crippen LogP contribution in [-0.4, -0.2) is 24.4 Å². The monoisotopic (exact) mass is 288 g/mol. The molecule has 3 rings (SSSR count). The van der Waals surface area contributed by atoms with Crippen LogP contribution in [0.1, 0.15) is 29.7 Å². The zero-order valence-electron chi connectivity index (χ0n) is 11.8. The van der Waals surface area contributed by atoms with Gasteiger partial charge in [-0.25, -0.2) is 0 Å². The number of amides is 1. The van der Waals surface area contributed by atoms with Crippen LogP contribution < -0.4 is 5.73 Å². The van der Waals surface area contributed by atoms with Crippen LogP contribution in [0.4, 0.5) is 0 Å². The SMILES string of the molecule is CN(Cc1cc(C#CCN)cs1)C(=O)C1CC2CC2C1. The summed E-state index contributed by atoms with van der Waals surface area (Å²) in [7, 11) is 1.91. The molecule has 2 aliphatic carbocycles. The fraction of sp³-hybridized carbons (Fsp3) is 0.562. The molecule has 20 heavy (non-hydrogen) atoms. The number of rotatable bonds is 3. The summed E-state index contributed by atoms with van der Waals surface area (Å²) in [5.41, 5.74) is 6.36. The maximum absolute atomic E-state index is 12.4. The van der Waals surface area contributed by atoms with E-state index in [1.54, 1.807) is 11.3 Å². The molecule has 106 valence electrons. The van der Waals surface area contributed by atoms with Crippen LogP contribution in [0, 0.1) is 29.6 Å². The minimum absolute atomic E-state index is 0.278. The van der Waals surface area contributed by atoms with E-state index in [4.69, 9.17) is 5.73 Å². The largest absolute Gasteiger partial charge is 0.340 e. The topological polar surface area (TPSA) is 46.3 Å². The van der Waals surface area contributed by atoms with Gasteiger partial charge in [0.15, 0.2) is 0 Å². The second kappa shape index (κ2) is 5.59. The average Bonchev–Trinajstić information content (AvgIpc) is 2.87. The smallest absolute Gasteiger partial charge is 0.225 e. The highest BCUT2D eigenvalue weighted by Crippen LogP contribution is 2.54. The van der Waals surface area contributed by atoms with Crippen molar-refractivity contribution in [2.24, 2.45) is 23.5 Å². The average molecular weight is 288 g/mol. The van der Waals surface area contributed by atoms with E-state index in [1.165, 1.54) is 11.3 Å². The van der Waals surface area contributed by atoms with E-state index < -0.39 is 0 Å². The van der Waals surface area contributed by atoms with Crippen molar-refractivity contribution >= 4 is 17.2 Å². The number of carbonyl (C=O) groups is 1. The highest BCUT2D eigenvalue weighted by Gasteiger charge is 2.48. The number of hydrogen-bond acceptors (Lipinski definition) is 3. The summed E-state index contributed by atoms with van der Waals surface area (Å²) in [6.45, 7) is 1.08. The van der Waals surface area contributed by atoms with Crippen molar-refractivity contribution in [1.82, 2.24) is 4.90 Å². The van der Waals surface area contributed by atoms with Gasteiger partial charge in [0, 0.05) is 28.8 Å². The van der Waals surface area contributed by atoms with Crippen molar-refractivity contribution in [1.29, 1.82) is 0 Å². The lowest BCUT2D eigenvalue weighted by Gasteiger charge is -2.21. The zero-order valence-corrected chi connectivity index (χ0v) is 12.6. The first-order valence-electron chi connectivity index (χ1n) is 7.18. The van der Waals surface area contributed by atoms with Gasteiger partial charge in [0.1, 0.15) is 0 Å². The van der Waals surface area contributed by atoms with E-state index in [-0.39, 0.29) is 5.92 Å². The predicted octanol–water partition coefficient (Wildman–Crippen LogP) is 2.06. The van der Waals surface area contributed by atoms with Gasteiger partial charge in [-0.2, -0.15) is 0 Å². The Balaban J connectivity index is 1.56. The number of nitrogens with two attached hydrogens (primary N) is 1. The van der Waals surface area contributed by atoms with Gasteiger partial charge in [-0.05, 0) is 37.2 Å². The Morgan fingerprint density at radius 3 is 2.90 bits per heavy atom. The summed E-state index contributed by atoms with van der Waals surface area (Å²) in [6.07, 6.45) is 3.60. The molecule has 1 aromatic rings. The van der Waals surface area contributed by atoms with Crippen molar-refractivity contribution in [3.8, 4) is 11.8 Å². The molecule has 2 atom stereocenters. The van der Waals surface area contributed by atoms with E-state index in [0.29, 0.717) is 19.0 Å². The standard InChI is InChI=1S/C16H20N2OS/c1-18(16(19)14-7-12-6-13(12)8-14)9-15-5-11(10-20-15)3-2-4-17/h5,10,12-14H,4,6-9,17H2,1H3. The lowest BCUT2D eigenvalue weighted by Crippen LogP contribution is -2.31. The third-order valence-corrected chi connectivity index (χ3v) is 5.27. The third kappa shape index (κ3) is 2.89. The number of carbonyl (C=O) groups excluding carboxylic acids is 1. The summed E-state index contributed by atoms with van der Waals surface area (Å²) < 4.78 is 0. The Labute approximate surface area is 124 Å². The minimum Gasteiger partial charge on any atom is -0.340 e. The van der Waals surface area contributed by atoms with Gasteiger partial charge in [-0.3, -0.25) is 4.79 Å². The van der Waals surface area contributed by atoms with Crippen LogP contribution in [-0.2, 0) is 11.3 Å². The first-order valence-corrected chi connectivity index (χ1v) is 8.06. The molecule has 2 aliphatic rings. The number of fused-ring (bicyclic) bond motifs is 1. The minimum atomic E-state index is 0.278. The van der Waals surface area contributed by atoms with Gasteiger partial charge in [0.25, 0.3) is 0 Å². The van der Waals surface area contributed by atoms with Crippen LogP contribution in [0.3, 0.4) is 0 Å². The molecule has 1 amide bonds. The molecular weight excluding hydrogens is 268 g/mol. The molecule has 1 heterocycles. The maximum atomic E-state index is 12.4. The molecule has 0 radical (unpaired) electrons. The molecule has 2 N–H and O–H groups in total. The highest BCUT2D eigenvalue weighted by atomic mass is 32.1. The van der Waals surface area contributed by atoms with E-state index in [2.05, 4.69) is 17.9 Å². The number of nitrogens with zero attached hydrogens (tertiary/aromatic N) is 1. The van der Waals surface area contributed by atoms with Crippen LogP contribution in [0.25, 0.3) is 0 Å². The van der Waals surface area contributed by atoms with Crippen molar-refractivity contribution in [3.63, 3.8) is 0 Å². The van der Waals surface area contributed by atoms with Crippen LogP contribution in [0.15, 0.2) is 11.4 Å². The molecule has 0 aromatic carbocycles. The maximum Gasteiger partial charge on any atom is 0.225 e. The fourth-order valence-electron chi connectivity index (χ4n) is 3.22. The van der Waals surface area contributed by atoms with Gasteiger partial charge in [0.05, 0.1) is 13.1 Å². The van der Waals surface area contributed by atoms with E-state index in [0.717, 1.165) is 30.2 Å². The van der Waals surface area contributed by atoms with Crippen molar-refractivity contribution in [2.75, 3.05) is 13.6 Å². The Morgan fingerprint density at radius 2 is 2.20 bits per heavy atom. The van der Waals surface area contributed by atoms with Crippen molar-refractivity contribution in [3.05, 3.63) is 21.9 Å². The molecule has 2 saturated carbocycles. The van der Waals surface area contributed by atoms with Gasteiger partial charge < -0.3 is 10.6 Å². The highest BCUT2D eigenvalue weighted by molar-refractivity contribution is 7.10. The molecule has 0 spiro atoms. The van der Waals surface area contributed by atoms with Crippen LogP contribution in [0.2, 0.25) is 0 Å². The Hall–Kier alpha value is -1.31. The molecular formula is C16H20N2OS. The Kier molecular flexibility index (Phi) is 3.82. The summed E-state index contributed by atoms with van der Waals surface area (Å²) in [4.78, 5) is 15.4. The first kappa shape index (κ1) is 13.7. The predicted molar refractivity (Wildman–Crippen MR) is 81.0 cm³/mol. The summed E-state index contributed by atoms with van der Waals surface area (Å²) in [5, 5.41) is 2.03. The fourth-order valence-corrected chi connectivity index (χ4v) is 4.09. The van der Waals surface area contributed by atoms with E-state index in [1.807, 2.05) is 17.3 Å². The zero-order chi connectivity index (χ0) is 14.1. The normalized spacial score (nSPS) is 26.6. The van der Waals surface area contributed by atoms with Crippen LogP contribution >= 0.6 is 11.3 Å². The summed E-state index contributed by atoms with van der Waals surface area (Å²) in [5.74, 6) is 8.19. The van der Waals surface area contributed by atoms with Gasteiger partial charge >= 0.3 is 0 Å². The Bertz CT molecular complexity index is 559. The van der Waals surface area contributed by atoms with E-state index in [9.17, 15) is 4.79 Å². The van der Waals surface area contributed by atoms with Crippen molar-refractivity contribution < 1.29 is 4.79 Å². The first-order chi connectivity index (χ1) is 9.67.